The summed E-state index contributed by atoms with van der Waals surface area (Å²) in [6.07, 6.45) is 1.81. The highest BCUT2D eigenvalue weighted by atomic mass is 79.9. The van der Waals surface area contributed by atoms with Crippen molar-refractivity contribution in [2.24, 2.45) is 10.7 Å². The van der Waals surface area contributed by atoms with Crippen molar-refractivity contribution in [3.63, 3.8) is 0 Å². The molecule has 0 saturated heterocycles. The van der Waals surface area contributed by atoms with E-state index in [9.17, 15) is 0 Å². The van der Waals surface area contributed by atoms with Crippen molar-refractivity contribution in [2.45, 2.75) is 19.8 Å². The third-order valence-corrected chi connectivity index (χ3v) is 2.91. The second-order valence-electron chi connectivity index (χ2n) is 2.95. The first-order valence-corrected chi connectivity index (χ1v) is 5.58. The molecule has 0 amide bonds. The van der Waals surface area contributed by atoms with E-state index in [0.29, 0.717) is 10.9 Å². The number of rotatable bonds is 3. The molecule has 1 rings (SSSR count). The van der Waals surface area contributed by atoms with E-state index in [4.69, 9.17) is 17.3 Å². The quantitative estimate of drug-likeness (QED) is 0.659. The van der Waals surface area contributed by atoms with Gasteiger partial charge in [-0.3, -0.25) is 0 Å². The van der Waals surface area contributed by atoms with Gasteiger partial charge in [0.2, 0.25) is 0 Å². The average Bonchev–Trinajstić information content (AvgIpc) is 2.12. The van der Waals surface area contributed by atoms with E-state index in [1.54, 1.807) is 6.07 Å². The number of nitrogens with zero attached hydrogens (tertiary/aromatic N) is 1. The van der Waals surface area contributed by atoms with Gasteiger partial charge in [0.25, 0.3) is 0 Å². The lowest BCUT2D eigenvalue weighted by molar-refractivity contribution is 0.983. The average molecular weight is 276 g/mol. The first-order chi connectivity index (χ1) is 6.63. The molecule has 0 spiro atoms. The second kappa shape index (κ2) is 5.37. The first kappa shape index (κ1) is 11.5. The van der Waals surface area contributed by atoms with Crippen molar-refractivity contribution >= 4 is 39.1 Å². The molecule has 0 atom stereocenters. The number of amidine groups is 1. The van der Waals surface area contributed by atoms with Crippen LogP contribution in [0.2, 0.25) is 5.02 Å². The summed E-state index contributed by atoms with van der Waals surface area (Å²) in [5.74, 6) is 0.644. The maximum Gasteiger partial charge on any atom is 0.0996 e. The zero-order valence-corrected chi connectivity index (χ0v) is 10.3. The summed E-state index contributed by atoms with van der Waals surface area (Å²) in [5.41, 5.74) is 6.50. The summed E-state index contributed by atoms with van der Waals surface area (Å²) in [7, 11) is 0. The van der Waals surface area contributed by atoms with Gasteiger partial charge in [0, 0.05) is 10.9 Å². The van der Waals surface area contributed by atoms with Gasteiger partial charge in [-0.05, 0) is 40.5 Å². The van der Waals surface area contributed by atoms with Crippen molar-refractivity contribution < 1.29 is 0 Å². The number of aliphatic imine (C=N–C) groups is 1. The van der Waals surface area contributed by atoms with Crippen molar-refractivity contribution in [3.8, 4) is 0 Å². The van der Waals surface area contributed by atoms with E-state index in [1.165, 1.54) is 0 Å². The van der Waals surface area contributed by atoms with Gasteiger partial charge >= 0.3 is 0 Å². The topological polar surface area (TPSA) is 38.4 Å². The molecule has 2 nitrogen and oxygen atoms in total. The molecule has 0 unspecified atom stereocenters. The highest BCUT2D eigenvalue weighted by molar-refractivity contribution is 9.10. The monoisotopic (exact) mass is 274 g/mol. The zero-order valence-electron chi connectivity index (χ0n) is 7.93. The SMILES string of the molecule is CCCC(N)=Nc1ccc(Br)c(Cl)c1. The Hall–Kier alpha value is -0.540. The van der Waals surface area contributed by atoms with Crippen LogP contribution in [0.4, 0.5) is 5.69 Å². The van der Waals surface area contributed by atoms with Gasteiger partial charge in [0.15, 0.2) is 0 Å². The van der Waals surface area contributed by atoms with Crippen LogP contribution >= 0.6 is 27.5 Å². The summed E-state index contributed by atoms with van der Waals surface area (Å²) >= 11 is 9.23. The van der Waals surface area contributed by atoms with E-state index in [2.05, 4.69) is 27.8 Å². The third-order valence-electron chi connectivity index (χ3n) is 1.68. The molecule has 76 valence electrons. The van der Waals surface area contributed by atoms with Crippen LogP contribution in [0.25, 0.3) is 0 Å². The molecule has 0 heterocycles. The van der Waals surface area contributed by atoms with Crippen LogP contribution in [0.15, 0.2) is 27.7 Å². The Balaban J connectivity index is 2.87. The van der Waals surface area contributed by atoms with Crippen molar-refractivity contribution in [1.82, 2.24) is 0 Å². The summed E-state index contributed by atoms with van der Waals surface area (Å²) in [4.78, 5) is 4.24. The smallest absolute Gasteiger partial charge is 0.0996 e. The summed E-state index contributed by atoms with van der Waals surface area (Å²) < 4.78 is 0.868. The van der Waals surface area contributed by atoms with Crippen molar-refractivity contribution in [2.75, 3.05) is 0 Å². The molecule has 0 fully saturated rings. The summed E-state index contributed by atoms with van der Waals surface area (Å²) in [5, 5.41) is 0.649. The van der Waals surface area contributed by atoms with Gasteiger partial charge < -0.3 is 5.73 Å². The molecule has 14 heavy (non-hydrogen) atoms. The maximum absolute atomic E-state index is 5.92. The highest BCUT2D eigenvalue weighted by Gasteiger charge is 1.98. The lowest BCUT2D eigenvalue weighted by atomic mass is 10.3. The zero-order chi connectivity index (χ0) is 10.6. The fraction of sp³-hybridized carbons (Fsp3) is 0.300. The maximum atomic E-state index is 5.92. The minimum absolute atomic E-state index is 0.644. The van der Waals surface area contributed by atoms with E-state index in [1.807, 2.05) is 12.1 Å². The summed E-state index contributed by atoms with van der Waals surface area (Å²) in [6, 6.07) is 5.52. The second-order valence-corrected chi connectivity index (χ2v) is 4.21. The van der Waals surface area contributed by atoms with Crippen molar-refractivity contribution in [3.05, 3.63) is 27.7 Å². The number of benzene rings is 1. The molecule has 0 saturated carbocycles. The molecule has 0 aliphatic rings. The van der Waals surface area contributed by atoms with Gasteiger partial charge in [-0.2, -0.15) is 0 Å². The molecule has 4 heteroatoms. The minimum atomic E-state index is 0.644. The molecule has 1 aromatic rings. The fourth-order valence-electron chi connectivity index (χ4n) is 1.03. The van der Waals surface area contributed by atoms with Crippen LogP contribution in [0.1, 0.15) is 19.8 Å². The van der Waals surface area contributed by atoms with E-state index in [0.717, 1.165) is 23.0 Å². The predicted octanol–water partition coefficient (Wildman–Crippen LogP) is 3.89. The van der Waals surface area contributed by atoms with Gasteiger partial charge in [0.05, 0.1) is 16.5 Å². The fourth-order valence-corrected chi connectivity index (χ4v) is 1.45. The van der Waals surface area contributed by atoms with Crippen LogP contribution in [0.5, 0.6) is 0 Å². The highest BCUT2D eigenvalue weighted by Crippen LogP contribution is 2.26. The first-order valence-electron chi connectivity index (χ1n) is 4.41. The molecule has 0 aromatic heterocycles. The van der Waals surface area contributed by atoms with E-state index >= 15 is 0 Å². The van der Waals surface area contributed by atoms with Crippen LogP contribution in [-0.2, 0) is 0 Å². The molecule has 0 bridgehead atoms. The molecule has 0 aliphatic heterocycles. The lowest BCUT2D eigenvalue weighted by Crippen LogP contribution is -2.09. The predicted molar refractivity (Wildman–Crippen MR) is 65.3 cm³/mol. The molecule has 0 radical (unpaired) electrons. The van der Waals surface area contributed by atoms with Crippen molar-refractivity contribution in [1.29, 1.82) is 0 Å². The van der Waals surface area contributed by atoms with Gasteiger partial charge in [-0.25, -0.2) is 4.99 Å². The van der Waals surface area contributed by atoms with Gasteiger partial charge in [-0.1, -0.05) is 18.5 Å². The number of hydrogen-bond donors (Lipinski definition) is 1. The van der Waals surface area contributed by atoms with Gasteiger partial charge in [-0.15, -0.1) is 0 Å². The summed E-state index contributed by atoms with van der Waals surface area (Å²) in [6.45, 7) is 2.07. The third kappa shape index (κ3) is 3.31. The Bertz CT molecular complexity index is 350. The van der Waals surface area contributed by atoms with E-state index < -0.39 is 0 Å². The molecular weight excluding hydrogens is 263 g/mol. The number of hydrogen-bond acceptors (Lipinski definition) is 1. The van der Waals surface area contributed by atoms with E-state index in [-0.39, 0.29) is 0 Å². The standard InChI is InChI=1S/C10H12BrClN2/c1-2-3-10(13)14-7-4-5-8(11)9(12)6-7/h4-6H,2-3H2,1H3,(H2,13,14). The number of nitrogens with two attached hydrogens (primary N) is 1. The Morgan fingerprint density at radius 1 is 1.57 bits per heavy atom. The molecule has 2 N–H and O–H groups in total. The normalized spacial score (nSPS) is 11.8. The Kier molecular flexibility index (Phi) is 4.42. The Morgan fingerprint density at radius 2 is 2.29 bits per heavy atom. The largest absolute Gasteiger partial charge is 0.387 e. The van der Waals surface area contributed by atoms with Crippen LogP contribution in [0, 0.1) is 0 Å². The van der Waals surface area contributed by atoms with Crippen LogP contribution in [0.3, 0.4) is 0 Å². The lowest BCUT2D eigenvalue weighted by Gasteiger charge is -2.00. The number of halogens is 2. The van der Waals surface area contributed by atoms with Crippen LogP contribution < -0.4 is 5.73 Å². The molecule has 0 aliphatic carbocycles. The minimum Gasteiger partial charge on any atom is -0.387 e. The van der Waals surface area contributed by atoms with Gasteiger partial charge in [0.1, 0.15) is 0 Å². The Labute approximate surface area is 97.3 Å². The van der Waals surface area contributed by atoms with Crippen LogP contribution in [-0.4, -0.2) is 5.84 Å². The molecular formula is C10H12BrClN2. The molecule has 1 aromatic carbocycles. The Morgan fingerprint density at radius 3 is 2.86 bits per heavy atom.